The Hall–Kier alpha value is -3.48. The Morgan fingerprint density at radius 1 is 1.10 bits per heavy atom. The molecule has 2 aromatic carbocycles. The standard InChI is InChI=1S/C22H23N3O4/c1-15(16-7-3-2-4-8-16)13-23-20(26)14-29-21(27)12-11-19-24-18-10-6-5-9-17(18)22(28)25-19/h2-10,15H,11-14H2,1H3,(H,23,26)(H,24,25,28)/t15-/m0/s1. The summed E-state index contributed by atoms with van der Waals surface area (Å²) in [7, 11) is 0. The average molecular weight is 393 g/mol. The average Bonchev–Trinajstić information content (AvgIpc) is 2.75. The van der Waals surface area contributed by atoms with Crippen molar-refractivity contribution in [3.63, 3.8) is 0 Å². The SMILES string of the molecule is C[C@@H](CNC(=O)COC(=O)CCc1nc2ccccc2c(=O)[nH]1)c1ccccc1. The van der Waals surface area contributed by atoms with Crippen LogP contribution in [0.1, 0.15) is 30.7 Å². The fourth-order valence-corrected chi connectivity index (χ4v) is 2.91. The van der Waals surface area contributed by atoms with Gasteiger partial charge in [-0.3, -0.25) is 14.4 Å². The monoisotopic (exact) mass is 393 g/mol. The first kappa shape index (κ1) is 20.3. The minimum Gasteiger partial charge on any atom is -0.456 e. The first-order chi connectivity index (χ1) is 14.0. The number of para-hydroxylation sites is 1. The molecule has 0 saturated carbocycles. The molecule has 0 bridgehead atoms. The molecule has 7 heteroatoms. The summed E-state index contributed by atoms with van der Waals surface area (Å²) in [4.78, 5) is 42.8. The van der Waals surface area contributed by atoms with Gasteiger partial charge in [0.2, 0.25) is 0 Å². The van der Waals surface area contributed by atoms with Gasteiger partial charge in [-0.15, -0.1) is 0 Å². The number of carbonyl (C=O) groups excluding carboxylic acids is 2. The molecular formula is C22H23N3O4. The first-order valence-corrected chi connectivity index (χ1v) is 9.48. The minimum atomic E-state index is -0.521. The van der Waals surface area contributed by atoms with Crippen LogP contribution in [0.2, 0.25) is 0 Å². The summed E-state index contributed by atoms with van der Waals surface area (Å²) in [5.41, 5.74) is 1.46. The van der Waals surface area contributed by atoms with Gasteiger partial charge in [-0.1, -0.05) is 49.4 Å². The molecule has 2 N–H and O–H groups in total. The van der Waals surface area contributed by atoms with Gasteiger partial charge in [-0.25, -0.2) is 4.98 Å². The van der Waals surface area contributed by atoms with Gasteiger partial charge in [0.1, 0.15) is 5.82 Å². The van der Waals surface area contributed by atoms with Crippen LogP contribution in [0, 0.1) is 0 Å². The Labute approximate surface area is 168 Å². The van der Waals surface area contributed by atoms with Gasteiger partial charge in [0.05, 0.1) is 17.3 Å². The van der Waals surface area contributed by atoms with Crippen LogP contribution in [0.25, 0.3) is 10.9 Å². The van der Waals surface area contributed by atoms with E-state index in [9.17, 15) is 14.4 Å². The number of aromatic nitrogens is 2. The zero-order valence-electron chi connectivity index (χ0n) is 16.2. The predicted octanol–water partition coefficient (Wildman–Crippen LogP) is 2.32. The number of esters is 1. The van der Waals surface area contributed by atoms with Gasteiger partial charge in [-0.2, -0.15) is 0 Å². The number of ether oxygens (including phenoxy) is 1. The van der Waals surface area contributed by atoms with E-state index in [1.807, 2.05) is 37.3 Å². The molecule has 1 atom stereocenters. The number of H-pyrrole nitrogens is 1. The third-order valence-corrected chi connectivity index (χ3v) is 4.57. The summed E-state index contributed by atoms with van der Waals surface area (Å²) in [6.07, 6.45) is 0.251. The second-order valence-corrected chi connectivity index (χ2v) is 6.81. The Bertz CT molecular complexity index is 1050. The summed E-state index contributed by atoms with van der Waals surface area (Å²) in [6, 6.07) is 16.8. The number of hydrogen-bond acceptors (Lipinski definition) is 5. The van der Waals surface area contributed by atoms with E-state index >= 15 is 0 Å². The first-order valence-electron chi connectivity index (χ1n) is 9.48. The van der Waals surface area contributed by atoms with Gasteiger partial charge in [-0.05, 0) is 23.6 Å². The number of hydrogen-bond donors (Lipinski definition) is 2. The van der Waals surface area contributed by atoms with E-state index in [4.69, 9.17) is 4.74 Å². The summed E-state index contributed by atoms with van der Waals surface area (Å²) in [5.74, 6) is -0.302. The Balaban J connectivity index is 1.42. The lowest BCUT2D eigenvalue weighted by Crippen LogP contribution is -2.31. The van der Waals surface area contributed by atoms with Crippen LogP contribution in [0.5, 0.6) is 0 Å². The Morgan fingerprint density at radius 3 is 2.62 bits per heavy atom. The molecule has 1 amide bonds. The Morgan fingerprint density at radius 2 is 1.83 bits per heavy atom. The maximum absolute atomic E-state index is 12.0. The van der Waals surface area contributed by atoms with E-state index in [-0.39, 0.29) is 36.8 Å². The van der Waals surface area contributed by atoms with Crippen LogP contribution in [-0.2, 0) is 20.7 Å². The quantitative estimate of drug-likeness (QED) is 0.572. The second-order valence-electron chi connectivity index (χ2n) is 6.81. The van der Waals surface area contributed by atoms with E-state index in [0.29, 0.717) is 23.3 Å². The molecule has 0 aliphatic carbocycles. The van der Waals surface area contributed by atoms with Crippen LogP contribution in [0.3, 0.4) is 0 Å². The molecule has 150 valence electrons. The molecule has 0 spiro atoms. The largest absolute Gasteiger partial charge is 0.456 e. The number of aryl methyl sites for hydroxylation is 1. The van der Waals surface area contributed by atoms with E-state index in [2.05, 4.69) is 15.3 Å². The lowest BCUT2D eigenvalue weighted by Gasteiger charge is -2.13. The minimum absolute atomic E-state index is 0.0228. The number of aromatic amines is 1. The number of amides is 1. The topological polar surface area (TPSA) is 101 Å². The van der Waals surface area contributed by atoms with Crippen molar-refractivity contribution in [2.75, 3.05) is 13.2 Å². The van der Waals surface area contributed by atoms with Gasteiger partial charge < -0.3 is 15.0 Å². The second kappa shape index (κ2) is 9.64. The smallest absolute Gasteiger partial charge is 0.306 e. The molecule has 0 aliphatic rings. The van der Waals surface area contributed by atoms with Gasteiger partial charge in [0.25, 0.3) is 11.5 Å². The van der Waals surface area contributed by atoms with Crippen LogP contribution in [0.4, 0.5) is 0 Å². The van der Waals surface area contributed by atoms with E-state index in [1.54, 1.807) is 24.3 Å². The predicted molar refractivity (Wildman–Crippen MR) is 110 cm³/mol. The van der Waals surface area contributed by atoms with E-state index in [0.717, 1.165) is 5.56 Å². The zero-order valence-corrected chi connectivity index (χ0v) is 16.2. The highest BCUT2D eigenvalue weighted by atomic mass is 16.5. The van der Waals surface area contributed by atoms with E-state index < -0.39 is 5.97 Å². The lowest BCUT2D eigenvalue weighted by atomic mass is 10.0. The normalized spacial score (nSPS) is 11.8. The molecular weight excluding hydrogens is 370 g/mol. The summed E-state index contributed by atoms with van der Waals surface area (Å²) in [5, 5.41) is 3.26. The van der Waals surface area contributed by atoms with Crippen LogP contribution in [0.15, 0.2) is 59.4 Å². The molecule has 0 saturated heterocycles. The summed E-state index contributed by atoms with van der Waals surface area (Å²) >= 11 is 0. The molecule has 3 aromatic rings. The van der Waals surface area contributed by atoms with Crippen molar-refractivity contribution in [2.45, 2.75) is 25.7 Å². The molecule has 0 aliphatic heterocycles. The summed E-state index contributed by atoms with van der Waals surface area (Å²) < 4.78 is 5.01. The van der Waals surface area contributed by atoms with Crippen molar-refractivity contribution in [2.24, 2.45) is 0 Å². The van der Waals surface area contributed by atoms with Gasteiger partial charge in [0, 0.05) is 13.0 Å². The van der Waals surface area contributed by atoms with Crippen LogP contribution >= 0.6 is 0 Å². The molecule has 0 unspecified atom stereocenters. The maximum Gasteiger partial charge on any atom is 0.306 e. The molecule has 1 aromatic heterocycles. The van der Waals surface area contributed by atoms with Gasteiger partial charge in [0.15, 0.2) is 6.61 Å². The Kier molecular flexibility index (Phi) is 6.73. The molecule has 0 fully saturated rings. The number of nitrogens with one attached hydrogen (secondary N) is 2. The van der Waals surface area contributed by atoms with Crippen LogP contribution < -0.4 is 10.9 Å². The number of benzene rings is 2. The number of rotatable bonds is 8. The molecule has 3 rings (SSSR count). The fraction of sp³-hybridized carbons (Fsp3) is 0.273. The van der Waals surface area contributed by atoms with Gasteiger partial charge >= 0.3 is 5.97 Å². The fourth-order valence-electron chi connectivity index (χ4n) is 2.91. The zero-order chi connectivity index (χ0) is 20.6. The van der Waals surface area contributed by atoms with Crippen molar-refractivity contribution in [3.05, 3.63) is 76.3 Å². The van der Waals surface area contributed by atoms with Crippen molar-refractivity contribution in [1.82, 2.24) is 15.3 Å². The van der Waals surface area contributed by atoms with Crippen molar-refractivity contribution < 1.29 is 14.3 Å². The molecule has 0 radical (unpaired) electrons. The number of fused-ring (bicyclic) bond motifs is 1. The highest BCUT2D eigenvalue weighted by molar-refractivity contribution is 5.80. The number of carbonyl (C=O) groups is 2. The van der Waals surface area contributed by atoms with Crippen molar-refractivity contribution >= 4 is 22.8 Å². The van der Waals surface area contributed by atoms with E-state index in [1.165, 1.54) is 0 Å². The summed E-state index contributed by atoms with van der Waals surface area (Å²) in [6.45, 7) is 2.14. The molecule has 29 heavy (non-hydrogen) atoms. The third kappa shape index (κ3) is 5.75. The van der Waals surface area contributed by atoms with Crippen molar-refractivity contribution in [1.29, 1.82) is 0 Å². The molecule has 7 nitrogen and oxygen atoms in total. The lowest BCUT2D eigenvalue weighted by molar-refractivity contribution is -0.148. The highest BCUT2D eigenvalue weighted by Crippen LogP contribution is 2.12. The number of nitrogens with zero attached hydrogens (tertiary/aromatic N) is 1. The highest BCUT2D eigenvalue weighted by Gasteiger charge is 2.11. The third-order valence-electron chi connectivity index (χ3n) is 4.57. The van der Waals surface area contributed by atoms with Crippen LogP contribution in [-0.4, -0.2) is 35.0 Å². The van der Waals surface area contributed by atoms with Crippen molar-refractivity contribution in [3.8, 4) is 0 Å². The maximum atomic E-state index is 12.0. The molecule has 1 heterocycles.